The van der Waals surface area contributed by atoms with Gasteiger partial charge in [-0.15, -0.1) is 0 Å². The highest BCUT2D eigenvalue weighted by atomic mass is 32.2. The van der Waals surface area contributed by atoms with E-state index in [-0.39, 0.29) is 11.6 Å². The van der Waals surface area contributed by atoms with E-state index in [0.29, 0.717) is 5.75 Å². The maximum atomic E-state index is 11.2. The summed E-state index contributed by atoms with van der Waals surface area (Å²) in [6.07, 6.45) is 2.36. The summed E-state index contributed by atoms with van der Waals surface area (Å²) in [6, 6.07) is 0. The number of thioether (sulfide) groups is 1. The first-order valence-corrected chi connectivity index (χ1v) is 5.91. The van der Waals surface area contributed by atoms with Crippen LogP contribution >= 0.6 is 11.8 Å². The van der Waals surface area contributed by atoms with Crippen LogP contribution in [0.25, 0.3) is 0 Å². The normalized spacial score (nSPS) is 11.4. The lowest BCUT2D eigenvalue weighted by molar-refractivity contribution is -0.151. The van der Waals surface area contributed by atoms with Crippen LogP contribution in [0.4, 0.5) is 0 Å². The molecule has 0 aliphatic heterocycles. The van der Waals surface area contributed by atoms with Crippen LogP contribution in [0.3, 0.4) is 0 Å². The highest BCUT2D eigenvalue weighted by Gasteiger charge is 2.15. The van der Waals surface area contributed by atoms with Crippen LogP contribution in [0.2, 0.25) is 0 Å². The Bertz CT molecular complexity index is 149. The van der Waals surface area contributed by atoms with Crippen molar-refractivity contribution in [2.24, 2.45) is 0 Å². The molecule has 0 saturated heterocycles. The number of carbonyl (C=O) groups is 1. The number of ether oxygens (including phenoxy) is 1. The minimum Gasteiger partial charge on any atom is -0.459 e. The van der Waals surface area contributed by atoms with Gasteiger partial charge in [-0.25, -0.2) is 0 Å². The molecule has 0 aliphatic rings. The SMILES string of the molecule is CCCCSCC(=O)OC(C)(C)C. The van der Waals surface area contributed by atoms with Crippen molar-refractivity contribution in [1.29, 1.82) is 0 Å². The second-order valence-corrected chi connectivity index (χ2v) is 5.10. The third kappa shape index (κ3) is 9.74. The number of unbranched alkanes of at least 4 members (excludes halogenated alkanes) is 1. The van der Waals surface area contributed by atoms with Gasteiger partial charge in [-0.3, -0.25) is 4.79 Å². The lowest BCUT2D eigenvalue weighted by Crippen LogP contribution is -2.25. The molecule has 0 fully saturated rings. The van der Waals surface area contributed by atoms with Crippen molar-refractivity contribution in [1.82, 2.24) is 0 Å². The highest BCUT2D eigenvalue weighted by Crippen LogP contribution is 2.10. The molecule has 0 aromatic carbocycles. The number of hydrogen-bond acceptors (Lipinski definition) is 3. The summed E-state index contributed by atoms with van der Waals surface area (Å²) in [5.74, 6) is 1.43. The van der Waals surface area contributed by atoms with E-state index in [4.69, 9.17) is 4.74 Å². The Labute approximate surface area is 85.4 Å². The lowest BCUT2D eigenvalue weighted by Gasteiger charge is -2.19. The molecule has 0 unspecified atom stereocenters. The largest absolute Gasteiger partial charge is 0.459 e. The van der Waals surface area contributed by atoms with Crippen LogP contribution in [-0.2, 0) is 9.53 Å². The van der Waals surface area contributed by atoms with Gasteiger partial charge in [0, 0.05) is 0 Å². The van der Waals surface area contributed by atoms with Gasteiger partial charge in [0.2, 0.25) is 0 Å². The van der Waals surface area contributed by atoms with Crippen molar-refractivity contribution in [3.8, 4) is 0 Å². The Hall–Kier alpha value is -0.180. The molecule has 0 atom stereocenters. The first-order chi connectivity index (χ1) is 5.95. The van der Waals surface area contributed by atoms with Crippen LogP contribution < -0.4 is 0 Å². The van der Waals surface area contributed by atoms with Gasteiger partial charge in [-0.05, 0) is 32.9 Å². The Balaban J connectivity index is 3.41. The molecule has 3 heteroatoms. The van der Waals surface area contributed by atoms with Gasteiger partial charge >= 0.3 is 5.97 Å². The van der Waals surface area contributed by atoms with Gasteiger partial charge in [0.25, 0.3) is 0 Å². The van der Waals surface area contributed by atoms with E-state index in [0.717, 1.165) is 5.75 Å². The van der Waals surface area contributed by atoms with Crippen LogP contribution in [0.5, 0.6) is 0 Å². The topological polar surface area (TPSA) is 26.3 Å². The summed E-state index contributed by atoms with van der Waals surface area (Å²) >= 11 is 1.65. The molecule has 0 rings (SSSR count). The smallest absolute Gasteiger partial charge is 0.316 e. The summed E-state index contributed by atoms with van der Waals surface area (Å²) in [5.41, 5.74) is -0.345. The lowest BCUT2D eigenvalue weighted by atomic mass is 10.2. The molecule has 0 N–H and O–H groups in total. The van der Waals surface area contributed by atoms with Crippen LogP contribution in [0, 0.1) is 0 Å². The molecule has 0 aromatic rings. The molecule has 0 amide bonds. The van der Waals surface area contributed by atoms with Crippen molar-refractivity contribution in [3.05, 3.63) is 0 Å². The monoisotopic (exact) mass is 204 g/mol. The van der Waals surface area contributed by atoms with E-state index < -0.39 is 0 Å². The van der Waals surface area contributed by atoms with Crippen LogP contribution in [0.1, 0.15) is 40.5 Å². The summed E-state index contributed by atoms with van der Waals surface area (Å²) in [4.78, 5) is 11.2. The maximum absolute atomic E-state index is 11.2. The van der Waals surface area contributed by atoms with E-state index in [1.807, 2.05) is 20.8 Å². The fourth-order valence-electron chi connectivity index (χ4n) is 0.773. The number of carbonyl (C=O) groups excluding carboxylic acids is 1. The molecule has 0 heterocycles. The molecule has 13 heavy (non-hydrogen) atoms. The minimum atomic E-state index is -0.345. The molecule has 0 radical (unpaired) electrons. The average Bonchev–Trinajstić information content (AvgIpc) is 1.94. The van der Waals surface area contributed by atoms with Gasteiger partial charge in [-0.1, -0.05) is 13.3 Å². The minimum absolute atomic E-state index is 0.103. The molecule has 2 nitrogen and oxygen atoms in total. The third-order valence-corrected chi connectivity index (χ3v) is 2.30. The zero-order chi connectivity index (χ0) is 10.3. The number of hydrogen-bond donors (Lipinski definition) is 0. The van der Waals surface area contributed by atoms with E-state index in [1.54, 1.807) is 11.8 Å². The van der Waals surface area contributed by atoms with Crippen molar-refractivity contribution < 1.29 is 9.53 Å². The Kier molecular flexibility index (Phi) is 6.21. The number of esters is 1. The zero-order valence-electron chi connectivity index (χ0n) is 9.05. The fraction of sp³-hybridized carbons (Fsp3) is 0.900. The van der Waals surface area contributed by atoms with Gasteiger partial charge in [0.1, 0.15) is 5.60 Å². The second kappa shape index (κ2) is 6.30. The van der Waals surface area contributed by atoms with E-state index in [9.17, 15) is 4.79 Å². The molecule has 78 valence electrons. The standard InChI is InChI=1S/C10H20O2S/c1-5-6-7-13-8-9(11)12-10(2,3)4/h5-8H2,1-4H3. The molecular weight excluding hydrogens is 184 g/mol. The predicted molar refractivity (Wildman–Crippen MR) is 58.1 cm³/mol. The van der Waals surface area contributed by atoms with Gasteiger partial charge < -0.3 is 4.74 Å². The Morgan fingerprint density at radius 2 is 2.00 bits per heavy atom. The quantitative estimate of drug-likeness (QED) is 0.509. The zero-order valence-corrected chi connectivity index (χ0v) is 9.87. The van der Waals surface area contributed by atoms with Crippen molar-refractivity contribution >= 4 is 17.7 Å². The Morgan fingerprint density at radius 3 is 2.46 bits per heavy atom. The predicted octanol–water partition coefficient (Wildman–Crippen LogP) is 2.86. The van der Waals surface area contributed by atoms with Crippen molar-refractivity contribution in [2.45, 2.75) is 46.1 Å². The molecule has 0 spiro atoms. The summed E-state index contributed by atoms with van der Waals surface area (Å²) in [5, 5.41) is 0. The third-order valence-electron chi connectivity index (χ3n) is 1.28. The molecular formula is C10H20O2S. The Morgan fingerprint density at radius 1 is 1.38 bits per heavy atom. The molecule has 0 saturated carbocycles. The summed E-state index contributed by atoms with van der Waals surface area (Å²) in [6.45, 7) is 7.82. The first-order valence-electron chi connectivity index (χ1n) is 4.75. The summed E-state index contributed by atoms with van der Waals surface area (Å²) < 4.78 is 5.16. The van der Waals surface area contributed by atoms with E-state index in [1.165, 1.54) is 12.8 Å². The van der Waals surface area contributed by atoms with Crippen LogP contribution in [-0.4, -0.2) is 23.1 Å². The second-order valence-electron chi connectivity index (χ2n) is 3.99. The molecule has 0 aromatic heterocycles. The van der Waals surface area contributed by atoms with Crippen molar-refractivity contribution in [3.63, 3.8) is 0 Å². The van der Waals surface area contributed by atoms with Crippen LogP contribution in [0.15, 0.2) is 0 Å². The highest BCUT2D eigenvalue weighted by molar-refractivity contribution is 7.99. The number of rotatable bonds is 5. The van der Waals surface area contributed by atoms with E-state index >= 15 is 0 Å². The average molecular weight is 204 g/mol. The fourth-order valence-corrected chi connectivity index (χ4v) is 1.64. The van der Waals surface area contributed by atoms with Gasteiger partial charge in [0.05, 0.1) is 5.75 Å². The maximum Gasteiger partial charge on any atom is 0.316 e. The first kappa shape index (κ1) is 12.8. The van der Waals surface area contributed by atoms with E-state index in [2.05, 4.69) is 6.92 Å². The molecule has 0 aliphatic carbocycles. The summed E-state index contributed by atoms with van der Waals surface area (Å²) in [7, 11) is 0. The van der Waals surface area contributed by atoms with Gasteiger partial charge in [-0.2, -0.15) is 11.8 Å². The van der Waals surface area contributed by atoms with Crippen molar-refractivity contribution in [2.75, 3.05) is 11.5 Å². The molecule has 0 bridgehead atoms. The van der Waals surface area contributed by atoms with Gasteiger partial charge in [0.15, 0.2) is 0 Å².